The van der Waals surface area contributed by atoms with Crippen LogP contribution in [0, 0.1) is 0 Å². The summed E-state index contributed by atoms with van der Waals surface area (Å²) in [5.41, 5.74) is 0. The van der Waals surface area contributed by atoms with E-state index in [0.29, 0.717) is 17.7 Å². The van der Waals surface area contributed by atoms with Crippen molar-refractivity contribution in [3.63, 3.8) is 0 Å². The Kier molecular flexibility index (Phi) is 5.42. The molecular formula is C10H12F2O2S. The topological polar surface area (TPSA) is 26.3 Å². The van der Waals surface area contributed by atoms with Gasteiger partial charge in [-0.05, 0) is 17.9 Å². The predicted molar refractivity (Wildman–Crippen MR) is 54.7 cm³/mol. The smallest absolute Gasteiger partial charge is 0.261 e. The Morgan fingerprint density at radius 3 is 2.93 bits per heavy atom. The minimum absolute atomic E-state index is 0.0469. The number of hydrogen-bond acceptors (Lipinski definition) is 3. The highest BCUT2D eigenvalue weighted by Gasteiger charge is 2.06. The summed E-state index contributed by atoms with van der Waals surface area (Å²) in [7, 11) is 0. The number of thiophene rings is 1. The van der Waals surface area contributed by atoms with Gasteiger partial charge in [0.25, 0.3) is 6.43 Å². The van der Waals surface area contributed by atoms with Gasteiger partial charge in [0.05, 0.1) is 4.88 Å². The molecule has 0 saturated carbocycles. The van der Waals surface area contributed by atoms with Crippen LogP contribution in [0.4, 0.5) is 8.78 Å². The molecule has 0 amide bonds. The second-order valence-electron chi connectivity index (χ2n) is 2.97. The molecule has 1 aromatic heterocycles. The van der Waals surface area contributed by atoms with Crippen LogP contribution in [0.25, 0.3) is 0 Å². The first-order chi connectivity index (χ1) is 7.20. The lowest BCUT2D eigenvalue weighted by Gasteiger charge is -2.02. The zero-order chi connectivity index (χ0) is 11.1. The number of ether oxygens (including phenoxy) is 1. The van der Waals surface area contributed by atoms with E-state index in [1.165, 1.54) is 11.3 Å². The number of carbonyl (C=O) groups excluding carboxylic acids is 1. The molecular weight excluding hydrogens is 222 g/mol. The Morgan fingerprint density at radius 2 is 2.33 bits per heavy atom. The highest BCUT2D eigenvalue weighted by molar-refractivity contribution is 7.12. The number of alkyl halides is 2. The van der Waals surface area contributed by atoms with Crippen LogP contribution in [0.3, 0.4) is 0 Å². The van der Waals surface area contributed by atoms with Gasteiger partial charge >= 0.3 is 0 Å². The Morgan fingerprint density at radius 1 is 1.53 bits per heavy atom. The molecule has 0 radical (unpaired) electrons. The average molecular weight is 234 g/mol. The van der Waals surface area contributed by atoms with Gasteiger partial charge in [0.2, 0.25) is 0 Å². The fourth-order valence-corrected chi connectivity index (χ4v) is 1.76. The van der Waals surface area contributed by atoms with Gasteiger partial charge < -0.3 is 4.74 Å². The van der Waals surface area contributed by atoms with Crippen LogP contribution in [0.5, 0.6) is 0 Å². The van der Waals surface area contributed by atoms with Crippen molar-refractivity contribution >= 4 is 17.1 Å². The molecule has 0 aliphatic rings. The molecule has 0 aliphatic heterocycles. The summed E-state index contributed by atoms with van der Waals surface area (Å²) in [6, 6.07) is 3.57. The summed E-state index contributed by atoms with van der Waals surface area (Å²) < 4.78 is 28.0. The highest BCUT2D eigenvalue weighted by Crippen LogP contribution is 2.12. The van der Waals surface area contributed by atoms with Crippen molar-refractivity contribution in [2.75, 3.05) is 13.2 Å². The van der Waals surface area contributed by atoms with E-state index in [1.807, 2.05) is 11.4 Å². The molecule has 15 heavy (non-hydrogen) atoms. The maximum absolute atomic E-state index is 11.7. The molecule has 1 rings (SSSR count). The lowest BCUT2D eigenvalue weighted by atomic mass is 10.2. The molecule has 0 fully saturated rings. The third kappa shape index (κ3) is 4.99. The van der Waals surface area contributed by atoms with Crippen LogP contribution in [-0.4, -0.2) is 25.4 Å². The minimum Gasteiger partial charge on any atom is -0.376 e. The van der Waals surface area contributed by atoms with E-state index in [0.717, 1.165) is 0 Å². The van der Waals surface area contributed by atoms with Crippen molar-refractivity contribution in [2.45, 2.75) is 19.3 Å². The van der Waals surface area contributed by atoms with Gasteiger partial charge in [0.15, 0.2) is 5.78 Å². The predicted octanol–water partition coefficient (Wildman–Crippen LogP) is 2.99. The monoisotopic (exact) mass is 234 g/mol. The lowest BCUT2D eigenvalue weighted by molar-refractivity contribution is 0.0165. The molecule has 1 heterocycles. The summed E-state index contributed by atoms with van der Waals surface area (Å²) in [5, 5.41) is 1.83. The van der Waals surface area contributed by atoms with E-state index in [1.54, 1.807) is 6.07 Å². The fraction of sp³-hybridized carbons (Fsp3) is 0.500. The number of Topliss-reactive ketones (excluding diaryl/α,β-unsaturated/α-hetero) is 1. The van der Waals surface area contributed by atoms with E-state index < -0.39 is 13.0 Å². The Balaban J connectivity index is 2.08. The van der Waals surface area contributed by atoms with E-state index in [2.05, 4.69) is 4.74 Å². The first-order valence-electron chi connectivity index (χ1n) is 4.62. The number of rotatable bonds is 7. The van der Waals surface area contributed by atoms with Crippen molar-refractivity contribution in [1.82, 2.24) is 0 Å². The zero-order valence-electron chi connectivity index (χ0n) is 8.12. The molecule has 0 aliphatic carbocycles. The fourth-order valence-electron chi connectivity index (χ4n) is 1.07. The van der Waals surface area contributed by atoms with Crippen molar-refractivity contribution in [3.8, 4) is 0 Å². The van der Waals surface area contributed by atoms with Crippen LogP contribution >= 0.6 is 11.3 Å². The van der Waals surface area contributed by atoms with Crippen LogP contribution in [0.2, 0.25) is 0 Å². The number of hydrogen-bond donors (Lipinski definition) is 0. The van der Waals surface area contributed by atoms with E-state index in [-0.39, 0.29) is 12.4 Å². The van der Waals surface area contributed by atoms with Crippen LogP contribution < -0.4 is 0 Å². The van der Waals surface area contributed by atoms with Crippen LogP contribution in [0.15, 0.2) is 17.5 Å². The van der Waals surface area contributed by atoms with Crippen molar-refractivity contribution in [3.05, 3.63) is 22.4 Å². The van der Waals surface area contributed by atoms with Crippen LogP contribution in [-0.2, 0) is 4.74 Å². The van der Waals surface area contributed by atoms with Gasteiger partial charge in [-0.15, -0.1) is 11.3 Å². The van der Waals surface area contributed by atoms with E-state index >= 15 is 0 Å². The van der Waals surface area contributed by atoms with Gasteiger partial charge in [-0.25, -0.2) is 8.78 Å². The van der Waals surface area contributed by atoms with Crippen molar-refractivity contribution in [1.29, 1.82) is 0 Å². The largest absolute Gasteiger partial charge is 0.376 e. The number of carbonyl (C=O) groups is 1. The number of halogens is 2. The van der Waals surface area contributed by atoms with Gasteiger partial charge in [-0.3, -0.25) is 4.79 Å². The van der Waals surface area contributed by atoms with Crippen LogP contribution in [0.1, 0.15) is 22.5 Å². The van der Waals surface area contributed by atoms with Crippen molar-refractivity contribution in [2.24, 2.45) is 0 Å². The molecule has 0 saturated heterocycles. The van der Waals surface area contributed by atoms with Gasteiger partial charge in [-0.1, -0.05) is 6.07 Å². The standard InChI is InChI=1S/C10H12F2O2S/c11-10(12)7-14-5-1-3-8(13)9-4-2-6-15-9/h2,4,6,10H,1,3,5,7H2. The molecule has 0 aromatic carbocycles. The molecule has 0 unspecified atom stereocenters. The Bertz CT molecular complexity index is 286. The normalized spacial score (nSPS) is 10.9. The number of ketones is 1. The summed E-state index contributed by atoms with van der Waals surface area (Å²) in [6.45, 7) is -0.339. The highest BCUT2D eigenvalue weighted by atomic mass is 32.1. The molecule has 84 valence electrons. The first-order valence-corrected chi connectivity index (χ1v) is 5.50. The summed E-state index contributed by atoms with van der Waals surface area (Å²) in [4.78, 5) is 12.1. The van der Waals surface area contributed by atoms with E-state index in [4.69, 9.17) is 0 Å². The first kappa shape index (κ1) is 12.3. The maximum atomic E-state index is 11.7. The second kappa shape index (κ2) is 6.63. The molecule has 0 atom stereocenters. The van der Waals surface area contributed by atoms with E-state index in [9.17, 15) is 13.6 Å². The SMILES string of the molecule is O=C(CCCOCC(F)F)c1cccs1. The zero-order valence-corrected chi connectivity index (χ0v) is 8.93. The Hall–Kier alpha value is -0.810. The summed E-state index contributed by atoms with van der Waals surface area (Å²) in [5.74, 6) is 0.0469. The molecule has 0 bridgehead atoms. The van der Waals surface area contributed by atoms with Gasteiger partial charge in [0, 0.05) is 13.0 Å². The van der Waals surface area contributed by atoms with Gasteiger partial charge in [0.1, 0.15) is 6.61 Å². The third-order valence-electron chi connectivity index (χ3n) is 1.73. The molecule has 2 nitrogen and oxygen atoms in total. The summed E-state index contributed by atoms with van der Waals surface area (Å²) >= 11 is 1.39. The Labute approximate surface area is 90.9 Å². The average Bonchev–Trinajstić information content (AvgIpc) is 2.69. The molecule has 0 N–H and O–H groups in total. The maximum Gasteiger partial charge on any atom is 0.261 e. The second-order valence-corrected chi connectivity index (χ2v) is 3.92. The lowest BCUT2D eigenvalue weighted by Crippen LogP contribution is -2.06. The third-order valence-corrected chi connectivity index (χ3v) is 2.64. The van der Waals surface area contributed by atoms with Crippen molar-refractivity contribution < 1.29 is 18.3 Å². The molecule has 1 aromatic rings. The minimum atomic E-state index is -2.43. The van der Waals surface area contributed by atoms with Gasteiger partial charge in [-0.2, -0.15) is 0 Å². The molecule has 0 spiro atoms. The quantitative estimate of drug-likeness (QED) is 0.535. The molecule has 5 heteroatoms. The summed E-state index contributed by atoms with van der Waals surface area (Å²) in [6.07, 6.45) is -1.59.